The second-order valence-electron chi connectivity index (χ2n) is 7.58. The molecule has 0 saturated carbocycles. The summed E-state index contributed by atoms with van der Waals surface area (Å²) in [5.41, 5.74) is 2.99. The van der Waals surface area contributed by atoms with Crippen LogP contribution in [-0.4, -0.2) is 25.6 Å². The smallest absolute Gasteiger partial charge is 0.251 e. The molecule has 1 fully saturated rings. The van der Waals surface area contributed by atoms with E-state index in [9.17, 15) is 4.79 Å². The first-order valence-electron chi connectivity index (χ1n) is 10.1. The maximum Gasteiger partial charge on any atom is 0.251 e. The Morgan fingerprint density at radius 2 is 1.82 bits per heavy atom. The Morgan fingerprint density at radius 1 is 1.18 bits per heavy atom. The van der Waals surface area contributed by atoms with Crippen molar-refractivity contribution < 1.29 is 9.53 Å². The molecular formula is C24H30N2O2. The maximum absolute atomic E-state index is 12.5. The lowest BCUT2D eigenvalue weighted by Gasteiger charge is -2.32. The first-order valence-corrected chi connectivity index (χ1v) is 10.1. The van der Waals surface area contributed by atoms with E-state index in [0.717, 1.165) is 30.3 Å². The molecule has 0 aliphatic carbocycles. The van der Waals surface area contributed by atoms with Crippen LogP contribution < -0.4 is 15.0 Å². The van der Waals surface area contributed by atoms with Crippen LogP contribution >= 0.6 is 0 Å². The number of amides is 1. The summed E-state index contributed by atoms with van der Waals surface area (Å²) in [6.45, 7) is 10.7. The average Bonchev–Trinajstić information content (AvgIpc) is 2.73. The largest absolute Gasteiger partial charge is 0.490 e. The highest BCUT2D eigenvalue weighted by atomic mass is 16.5. The van der Waals surface area contributed by atoms with Crippen molar-refractivity contribution in [2.24, 2.45) is 5.92 Å². The van der Waals surface area contributed by atoms with E-state index in [4.69, 9.17) is 4.74 Å². The standard InChI is InChI=1S/C24H30N2O2/c1-4-17-28-23-11-7-21(8-12-23)24(27)25-19(3)20-5-9-22(10-6-20)26-15-13-18(2)14-16-26/h4-12,18-19H,1,13-17H2,2-3H3,(H,25,27)/t19-/m0/s1. The van der Waals surface area contributed by atoms with Crippen molar-refractivity contribution in [1.29, 1.82) is 0 Å². The Hall–Kier alpha value is -2.75. The van der Waals surface area contributed by atoms with E-state index in [-0.39, 0.29) is 11.9 Å². The van der Waals surface area contributed by atoms with Crippen molar-refractivity contribution in [2.45, 2.75) is 32.7 Å². The number of ether oxygens (including phenoxy) is 1. The molecular weight excluding hydrogens is 348 g/mol. The molecule has 1 aliphatic heterocycles. The van der Waals surface area contributed by atoms with Crippen molar-refractivity contribution in [3.63, 3.8) is 0 Å². The summed E-state index contributed by atoms with van der Waals surface area (Å²) >= 11 is 0. The van der Waals surface area contributed by atoms with Gasteiger partial charge in [0.2, 0.25) is 0 Å². The summed E-state index contributed by atoms with van der Waals surface area (Å²) in [5.74, 6) is 1.47. The molecule has 0 bridgehead atoms. The Balaban J connectivity index is 1.57. The third kappa shape index (κ3) is 5.16. The summed E-state index contributed by atoms with van der Waals surface area (Å²) in [6.07, 6.45) is 4.20. The van der Waals surface area contributed by atoms with Gasteiger partial charge in [-0.15, -0.1) is 0 Å². The molecule has 1 N–H and O–H groups in total. The Bertz CT molecular complexity index is 775. The second-order valence-corrected chi connectivity index (χ2v) is 7.58. The van der Waals surface area contributed by atoms with Gasteiger partial charge < -0.3 is 15.0 Å². The van der Waals surface area contributed by atoms with Crippen LogP contribution in [0.2, 0.25) is 0 Å². The first-order chi connectivity index (χ1) is 13.6. The lowest BCUT2D eigenvalue weighted by molar-refractivity contribution is 0.0940. The zero-order chi connectivity index (χ0) is 19.9. The Kier molecular flexibility index (Phi) is 6.75. The maximum atomic E-state index is 12.5. The van der Waals surface area contributed by atoms with E-state index in [0.29, 0.717) is 12.2 Å². The SMILES string of the molecule is C=CCOc1ccc(C(=O)N[C@@H](C)c2ccc(N3CCC(C)CC3)cc2)cc1. The first kappa shape index (κ1) is 20.0. The number of carbonyl (C=O) groups is 1. The second kappa shape index (κ2) is 9.45. The highest BCUT2D eigenvalue weighted by Gasteiger charge is 2.17. The molecule has 0 unspecified atom stereocenters. The molecule has 1 heterocycles. The van der Waals surface area contributed by atoms with Gasteiger partial charge in [0.15, 0.2) is 0 Å². The van der Waals surface area contributed by atoms with Crippen LogP contribution in [0, 0.1) is 5.92 Å². The molecule has 0 aromatic heterocycles. The third-order valence-corrected chi connectivity index (χ3v) is 5.37. The number of rotatable bonds is 7. The van der Waals surface area contributed by atoms with Crippen LogP contribution in [0.4, 0.5) is 5.69 Å². The number of piperidine rings is 1. The summed E-state index contributed by atoms with van der Waals surface area (Å²) in [5, 5.41) is 3.07. The summed E-state index contributed by atoms with van der Waals surface area (Å²) < 4.78 is 5.45. The molecule has 1 atom stereocenters. The highest BCUT2D eigenvalue weighted by molar-refractivity contribution is 5.94. The van der Waals surface area contributed by atoms with Crippen molar-refractivity contribution >= 4 is 11.6 Å². The van der Waals surface area contributed by atoms with Gasteiger partial charge in [-0.1, -0.05) is 31.7 Å². The van der Waals surface area contributed by atoms with Crippen molar-refractivity contribution in [3.05, 3.63) is 72.3 Å². The van der Waals surface area contributed by atoms with E-state index in [1.807, 2.05) is 6.92 Å². The minimum absolute atomic E-state index is 0.0559. The van der Waals surface area contributed by atoms with Crippen LogP contribution in [0.15, 0.2) is 61.2 Å². The minimum Gasteiger partial charge on any atom is -0.490 e. The van der Waals surface area contributed by atoms with Gasteiger partial charge in [-0.2, -0.15) is 0 Å². The van der Waals surface area contributed by atoms with Gasteiger partial charge in [0, 0.05) is 24.3 Å². The van der Waals surface area contributed by atoms with Crippen molar-refractivity contribution in [1.82, 2.24) is 5.32 Å². The van der Waals surface area contributed by atoms with Gasteiger partial charge >= 0.3 is 0 Å². The van der Waals surface area contributed by atoms with Crippen LogP contribution in [-0.2, 0) is 0 Å². The van der Waals surface area contributed by atoms with E-state index < -0.39 is 0 Å². The van der Waals surface area contributed by atoms with Crippen LogP contribution in [0.5, 0.6) is 5.75 Å². The number of hydrogen-bond donors (Lipinski definition) is 1. The van der Waals surface area contributed by atoms with E-state index in [1.54, 1.807) is 30.3 Å². The summed E-state index contributed by atoms with van der Waals surface area (Å²) in [7, 11) is 0. The topological polar surface area (TPSA) is 41.6 Å². The molecule has 148 valence electrons. The zero-order valence-electron chi connectivity index (χ0n) is 16.9. The van der Waals surface area contributed by atoms with Crippen LogP contribution in [0.1, 0.15) is 48.7 Å². The average molecular weight is 379 g/mol. The Labute approximate surface area is 168 Å². The molecule has 0 spiro atoms. The van der Waals surface area contributed by atoms with Gasteiger partial charge in [-0.25, -0.2) is 0 Å². The number of nitrogens with zero attached hydrogens (tertiary/aromatic N) is 1. The van der Waals surface area contributed by atoms with Gasteiger partial charge in [0.1, 0.15) is 12.4 Å². The molecule has 2 aromatic carbocycles. The minimum atomic E-state index is -0.0862. The quantitative estimate of drug-likeness (QED) is 0.691. The molecule has 1 aliphatic rings. The monoisotopic (exact) mass is 378 g/mol. The highest BCUT2D eigenvalue weighted by Crippen LogP contribution is 2.24. The molecule has 0 radical (unpaired) electrons. The number of benzene rings is 2. The lowest BCUT2D eigenvalue weighted by Crippen LogP contribution is -2.32. The van der Waals surface area contributed by atoms with Gasteiger partial charge in [0.05, 0.1) is 6.04 Å². The molecule has 1 amide bonds. The fourth-order valence-corrected chi connectivity index (χ4v) is 3.46. The number of hydrogen-bond acceptors (Lipinski definition) is 3. The Morgan fingerprint density at radius 3 is 2.43 bits per heavy atom. The number of carbonyl (C=O) groups excluding carboxylic acids is 1. The fraction of sp³-hybridized carbons (Fsp3) is 0.375. The van der Waals surface area contributed by atoms with Crippen LogP contribution in [0.25, 0.3) is 0 Å². The normalized spacial score (nSPS) is 15.7. The van der Waals surface area contributed by atoms with Crippen molar-refractivity contribution in [2.75, 3.05) is 24.6 Å². The van der Waals surface area contributed by atoms with E-state index in [2.05, 4.69) is 48.0 Å². The molecule has 2 aromatic rings. The number of nitrogens with one attached hydrogen (secondary N) is 1. The predicted octanol–water partition coefficient (Wildman–Crippen LogP) is 4.98. The van der Waals surface area contributed by atoms with E-state index in [1.165, 1.54) is 18.5 Å². The summed E-state index contributed by atoms with van der Waals surface area (Å²) in [4.78, 5) is 15.0. The van der Waals surface area contributed by atoms with Gasteiger partial charge in [0.25, 0.3) is 5.91 Å². The summed E-state index contributed by atoms with van der Waals surface area (Å²) in [6, 6.07) is 15.7. The predicted molar refractivity (Wildman–Crippen MR) is 115 cm³/mol. The third-order valence-electron chi connectivity index (χ3n) is 5.37. The zero-order valence-corrected chi connectivity index (χ0v) is 16.9. The molecule has 4 heteroatoms. The van der Waals surface area contributed by atoms with E-state index >= 15 is 0 Å². The fourth-order valence-electron chi connectivity index (χ4n) is 3.46. The van der Waals surface area contributed by atoms with Gasteiger partial charge in [-0.05, 0) is 67.6 Å². The molecule has 4 nitrogen and oxygen atoms in total. The lowest BCUT2D eigenvalue weighted by atomic mass is 9.98. The van der Waals surface area contributed by atoms with Crippen LogP contribution in [0.3, 0.4) is 0 Å². The molecule has 1 saturated heterocycles. The molecule has 28 heavy (non-hydrogen) atoms. The van der Waals surface area contributed by atoms with Gasteiger partial charge in [-0.3, -0.25) is 4.79 Å². The van der Waals surface area contributed by atoms with Crippen molar-refractivity contribution in [3.8, 4) is 5.75 Å². The molecule has 3 rings (SSSR count). The number of anilines is 1.